The summed E-state index contributed by atoms with van der Waals surface area (Å²) in [6.07, 6.45) is 1.99. The number of likely N-dealkylation sites (tertiary alicyclic amines) is 1. The Hall–Kier alpha value is -2.33. The van der Waals surface area contributed by atoms with E-state index in [1.807, 2.05) is 60.4 Å². The number of carbonyl (C=O) groups excluding carboxylic acids is 1. The Labute approximate surface area is 149 Å². The van der Waals surface area contributed by atoms with Gasteiger partial charge < -0.3 is 15.4 Å². The number of ether oxygens (including phenoxy) is 1. The number of hydrogen-bond donors (Lipinski definition) is 1. The average molecular weight is 338 g/mol. The molecular weight excluding hydrogens is 312 g/mol. The number of benzene rings is 2. The molecule has 0 aromatic heterocycles. The monoisotopic (exact) mass is 338 g/mol. The van der Waals surface area contributed by atoms with Gasteiger partial charge in [-0.05, 0) is 36.1 Å². The summed E-state index contributed by atoms with van der Waals surface area (Å²) < 4.78 is 5.33. The van der Waals surface area contributed by atoms with Crippen LogP contribution in [0, 0.1) is 5.92 Å². The van der Waals surface area contributed by atoms with Gasteiger partial charge in [0.2, 0.25) is 5.91 Å². The van der Waals surface area contributed by atoms with Gasteiger partial charge in [-0.3, -0.25) is 4.79 Å². The summed E-state index contributed by atoms with van der Waals surface area (Å²) >= 11 is 0. The molecule has 4 nitrogen and oxygen atoms in total. The molecule has 0 radical (unpaired) electrons. The standard InChI is InChI=1S/C21H26N2O2/c1-15(20(22)16-8-4-3-5-9-16)21(24)23-13-7-12-19(23)17-10-6-11-18(14-17)25-2/h3-6,8-11,14-15,19-20H,7,12-13,22H2,1-2H3. The molecule has 1 heterocycles. The molecule has 1 aliphatic rings. The summed E-state index contributed by atoms with van der Waals surface area (Å²) in [5.41, 5.74) is 8.50. The second-order valence-electron chi connectivity index (χ2n) is 6.69. The van der Waals surface area contributed by atoms with Gasteiger partial charge >= 0.3 is 0 Å². The number of amides is 1. The molecule has 3 atom stereocenters. The molecule has 0 saturated carbocycles. The van der Waals surface area contributed by atoms with Gasteiger partial charge in [0.05, 0.1) is 19.1 Å². The minimum Gasteiger partial charge on any atom is -0.497 e. The number of nitrogens with two attached hydrogens (primary N) is 1. The van der Waals surface area contributed by atoms with E-state index in [-0.39, 0.29) is 23.9 Å². The third-order valence-corrected chi connectivity index (χ3v) is 5.13. The van der Waals surface area contributed by atoms with E-state index in [0.29, 0.717) is 0 Å². The third-order valence-electron chi connectivity index (χ3n) is 5.13. The topological polar surface area (TPSA) is 55.6 Å². The maximum atomic E-state index is 13.1. The first kappa shape index (κ1) is 17.5. The normalized spacial score (nSPS) is 19.5. The van der Waals surface area contributed by atoms with Gasteiger partial charge in [0.15, 0.2) is 0 Å². The van der Waals surface area contributed by atoms with Crippen LogP contribution in [0.1, 0.15) is 43.0 Å². The number of carbonyl (C=O) groups is 1. The lowest BCUT2D eigenvalue weighted by atomic mass is 9.93. The fraction of sp³-hybridized carbons (Fsp3) is 0.381. The highest BCUT2D eigenvalue weighted by atomic mass is 16.5. The molecule has 1 aliphatic heterocycles. The molecule has 0 bridgehead atoms. The van der Waals surface area contributed by atoms with Crippen molar-refractivity contribution in [2.75, 3.05) is 13.7 Å². The number of methoxy groups -OCH3 is 1. The highest BCUT2D eigenvalue weighted by Crippen LogP contribution is 2.35. The van der Waals surface area contributed by atoms with Crippen LogP contribution in [-0.2, 0) is 4.79 Å². The van der Waals surface area contributed by atoms with Gasteiger partial charge in [0.1, 0.15) is 5.75 Å². The lowest BCUT2D eigenvalue weighted by Crippen LogP contribution is -2.39. The van der Waals surface area contributed by atoms with Crippen molar-refractivity contribution < 1.29 is 9.53 Å². The van der Waals surface area contributed by atoms with Gasteiger partial charge in [0.25, 0.3) is 0 Å². The Morgan fingerprint density at radius 3 is 2.68 bits per heavy atom. The first-order valence-corrected chi connectivity index (χ1v) is 8.86. The Balaban J connectivity index is 1.78. The van der Waals surface area contributed by atoms with Crippen LogP contribution in [-0.4, -0.2) is 24.5 Å². The zero-order valence-electron chi connectivity index (χ0n) is 14.9. The van der Waals surface area contributed by atoms with Crippen LogP contribution in [0.5, 0.6) is 5.75 Å². The second kappa shape index (κ2) is 7.70. The fourth-order valence-electron chi connectivity index (χ4n) is 3.60. The molecule has 1 fully saturated rings. The van der Waals surface area contributed by atoms with E-state index >= 15 is 0 Å². The van der Waals surface area contributed by atoms with Crippen LogP contribution in [0.2, 0.25) is 0 Å². The number of hydrogen-bond acceptors (Lipinski definition) is 3. The number of nitrogens with zero attached hydrogens (tertiary/aromatic N) is 1. The molecule has 1 amide bonds. The van der Waals surface area contributed by atoms with E-state index in [4.69, 9.17) is 10.5 Å². The van der Waals surface area contributed by atoms with Gasteiger partial charge in [-0.2, -0.15) is 0 Å². The minimum atomic E-state index is -0.291. The van der Waals surface area contributed by atoms with E-state index in [2.05, 4.69) is 6.07 Å². The van der Waals surface area contributed by atoms with Gasteiger partial charge in [-0.15, -0.1) is 0 Å². The quantitative estimate of drug-likeness (QED) is 0.904. The Morgan fingerprint density at radius 2 is 1.96 bits per heavy atom. The lowest BCUT2D eigenvalue weighted by Gasteiger charge is -2.30. The van der Waals surface area contributed by atoms with E-state index in [0.717, 1.165) is 36.3 Å². The van der Waals surface area contributed by atoms with Crippen LogP contribution in [0.25, 0.3) is 0 Å². The Kier molecular flexibility index (Phi) is 5.39. The summed E-state index contributed by atoms with van der Waals surface area (Å²) in [5.74, 6) is 0.695. The van der Waals surface area contributed by atoms with Gasteiger partial charge in [0, 0.05) is 12.6 Å². The molecule has 132 valence electrons. The van der Waals surface area contributed by atoms with Crippen molar-refractivity contribution in [2.24, 2.45) is 11.7 Å². The van der Waals surface area contributed by atoms with Crippen molar-refractivity contribution in [2.45, 2.75) is 31.8 Å². The van der Waals surface area contributed by atoms with Crippen LogP contribution >= 0.6 is 0 Å². The zero-order chi connectivity index (χ0) is 17.8. The summed E-state index contributed by atoms with van der Waals surface area (Å²) in [5, 5.41) is 0. The van der Waals surface area contributed by atoms with Crippen molar-refractivity contribution in [3.05, 3.63) is 65.7 Å². The first-order valence-electron chi connectivity index (χ1n) is 8.86. The fourth-order valence-corrected chi connectivity index (χ4v) is 3.60. The maximum absolute atomic E-state index is 13.1. The van der Waals surface area contributed by atoms with E-state index < -0.39 is 0 Å². The zero-order valence-corrected chi connectivity index (χ0v) is 14.9. The lowest BCUT2D eigenvalue weighted by molar-refractivity contribution is -0.136. The van der Waals surface area contributed by atoms with Crippen molar-refractivity contribution in [3.8, 4) is 5.75 Å². The second-order valence-corrected chi connectivity index (χ2v) is 6.69. The van der Waals surface area contributed by atoms with E-state index in [1.54, 1.807) is 7.11 Å². The third kappa shape index (κ3) is 3.69. The van der Waals surface area contributed by atoms with Crippen molar-refractivity contribution in [3.63, 3.8) is 0 Å². The molecule has 3 rings (SSSR count). The summed E-state index contributed by atoms with van der Waals surface area (Å²) in [6.45, 7) is 2.72. The van der Waals surface area contributed by atoms with Crippen molar-refractivity contribution in [1.82, 2.24) is 4.90 Å². The average Bonchev–Trinajstić information content (AvgIpc) is 3.16. The molecule has 3 unspecified atom stereocenters. The van der Waals surface area contributed by atoms with Crippen LogP contribution in [0.15, 0.2) is 54.6 Å². The van der Waals surface area contributed by atoms with E-state index in [9.17, 15) is 4.79 Å². The molecule has 4 heteroatoms. The molecule has 2 N–H and O–H groups in total. The molecule has 0 aliphatic carbocycles. The summed E-state index contributed by atoms with van der Waals surface area (Å²) in [4.78, 5) is 15.1. The SMILES string of the molecule is COc1cccc(C2CCCN2C(=O)C(C)C(N)c2ccccc2)c1. The molecular formula is C21H26N2O2. The molecule has 1 saturated heterocycles. The van der Waals surface area contributed by atoms with Crippen LogP contribution < -0.4 is 10.5 Å². The predicted octanol–water partition coefficient (Wildman–Crippen LogP) is 3.69. The first-order chi connectivity index (χ1) is 12.1. The summed E-state index contributed by atoms with van der Waals surface area (Å²) in [7, 11) is 1.66. The highest BCUT2D eigenvalue weighted by molar-refractivity contribution is 5.80. The van der Waals surface area contributed by atoms with Gasteiger partial charge in [-0.25, -0.2) is 0 Å². The van der Waals surface area contributed by atoms with Crippen molar-refractivity contribution in [1.29, 1.82) is 0 Å². The molecule has 2 aromatic rings. The minimum absolute atomic E-state index is 0.105. The summed E-state index contributed by atoms with van der Waals surface area (Å²) in [6, 6.07) is 17.7. The highest BCUT2D eigenvalue weighted by Gasteiger charge is 2.34. The van der Waals surface area contributed by atoms with Crippen molar-refractivity contribution >= 4 is 5.91 Å². The molecule has 2 aromatic carbocycles. The maximum Gasteiger partial charge on any atom is 0.227 e. The molecule has 0 spiro atoms. The largest absolute Gasteiger partial charge is 0.497 e. The predicted molar refractivity (Wildman–Crippen MR) is 99.2 cm³/mol. The smallest absolute Gasteiger partial charge is 0.227 e. The Morgan fingerprint density at radius 1 is 1.20 bits per heavy atom. The van der Waals surface area contributed by atoms with Crippen LogP contribution in [0.3, 0.4) is 0 Å². The number of rotatable bonds is 5. The van der Waals surface area contributed by atoms with Crippen LogP contribution in [0.4, 0.5) is 0 Å². The molecule has 25 heavy (non-hydrogen) atoms. The van der Waals surface area contributed by atoms with E-state index in [1.165, 1.54) is 0 Å². The van der Waals surface area contributed by atoms with Gasteiger partial charge in [-0.1, -0.05) is 49.4 Å². The Bertz CT molecular complexity index is 717.